The number of ether oxygens (including phenoxy) is 1. The van der Waals surface area contributed by atoms with E-state index in [1.165, 1.54) is 6.07 Å². The summed E-state index contributed by atoms with van der Waals surface area (Å²) in [6.07, 6.45) is -3.01. The summed E-state index contributed by atoms with van der Waals surface area (Å²) in [7, 11) is 0. The van der Waals surface area contributed by atoms with E-state index in [2.05, 4.69) is 14.7 Å². The van der Waals surface area contributed by atoms with Crippen LogP contribution in [-0.2, 0) is 0 Å². The third kappa shape index (κ3) is 2.94. The molecule has 0 bridgehead atoms. The molecule has 68 valence electrons. The zero-order chi connectivity index (χ0) is 9.90. The molecule has 7 heteroatoms. The quantitative estimate of drug-likeness (QED) is 0.666. The van der Waals surface area contributed by atoms with Crippen molar-refractivity contribution in [2.75, 3.05) is 0 Å². The second-order valence-electron chi connectivity index (χ2n) is 1.90. The zero-order valence-corrected chi connectivity index (χ0v) is 6.04. The van der Waals surface area contributed by atoms with Crippen molar-refractivity contribution in [2.24, 2.45) is 0 Å². The molecular weight excluding hydrogens is 187 g/mol. The molecule has 0 spiro atoms. The lowest BCUT2D eigenvalue weighted by Crippen LogP contribution is -2.18. The van der Waals surface area contributed by atoms with Gasteiger partial charge in [-0.2, -0.15) is 10.2 Å². The minimum absolute atomic E-state index is 0.234. The van der Waals surface area contributed by atoms with E-state index in [-0.39, 0.29) is 5.69 Å². The van der Waals surface area contributed by atoms with Gasteiger partial charge in [0.15, 0.2) is 5.69 Å². The highest BCUT2D eigenvalue weighted by atomic mass is 19.4. The molecule has 13 heavy (non-hydrogen) atoms. The fourth-order valence-electron chi connectivity index (χ4n) is 0.570. The van der Waals surface area contributed by atoms with Gasteiger partial charge in [0.25, 0.3) is 0 Å². The highest BCUT2D eigenvalue weighted by Gasteiger charge is 2.31. The average Bonchev–Trinajstić information content (AvgIpc) is 2.01. The van der Waals surface area contributed by atoms with Gasteiger partial charge >= 0.3 is 6.36 Å². The molecule has 0 aliphatic carbocycles. The van der Waals surface area contributed by atoms with Gasteiger partial charge in [0.2, 0.25) is 5.88 Å². The molecule has 1 rings (SSSR count). The Morgan fingerprint density at radius 2 is 2.08 bits per heavy atom. The van der Waals surface area contributed by atoms with Gasteiger partial charge in [0.1, 0.15) is 6.07 Å². The van der Waals surface area contributed by atoms with Gasteiger partial charge in [0, 0.05) is 0 Å². The van der Waals surface area contributed by atoms with Gasteiger partial charge in [-0.05, 0) is 0 Å². The Morgan fingerprint density at radius 3 is 2.62 bits per heavy atom. The Labute approximate surface area is 70.6 Å². The molecule has 0 atom stereocenters. The van der Waals surface area contributed by atoms with Gasteiger partial charge in [0.05, 0.1) is 12.4 Å². The number of hydrogen-bond acceptors (Lipinski definition) is 4. The molecule has 0 amide bonds. The van der Waals surface area contributed by atoms with E-state index in [1.807, 2.05) is 0 Å². The number of aromatic nitrogens is 2. The van der Waals surface area contributed by atoms with Crippen LogP contribution < -0.4 is 4.74 Å². The first-order valence-corrected chi connectivity index (χ1v) is 2.99. The Hall–Kier alpha value is -1.84. The van der Waals surface area contributed by atoms with Gasteiger partial charge in [-0.3, -0.25) is 4.98 Å². The zero-order valence-electron chi connectivity index (χ0n) is 6.04. The van der Waals surface area contributed by atoms with Crippen LogP contribution in [0.4, 0.5) is 13.2 Å². The van der Waals surface area contributed by atoms with Crippen LogP contribution in [0.5, 0.6) is 5.88 Å². The Morgan fingerprint density at radius 1 is 1.38 bits per heavy atom. The molecule has 0 aliphatic rings. The summed E-state index contributed by atoms with van der Waals surface area (Å²) in [6, 6.07) is 1.53. The predicted molar refractivity (Wildman–Crippen MR) is 33.4 cm³/mol. The number of alkyl halides is 3. The molecule has 1 aromatic rings. The van der Waals surface area contributed by atoms with Crippen LogP contribution in [0, 0.1) is 11.3 Å². The highest BCUT2D eigenvalue weighted by molar-refractivity contribution is 5.19. The fourth-order valence-corrected chi connectivity index (χ4v) is 0.570. The maximum atomic E-state index is 11.6. The number of rotatable bonds is 1. The van der Waals surface area contributed by atoms with E-state index in [0.717, 1.165) is 12.4 Å². The summed E-state index contributed by atoms with van der Waals surface area (Å²) in [5.74, 6) is -0.744. The molecular formula is C6H2F3N3O. The van der Waals surface area contributed by atoms with Crippen molar-refractivity contribution >= 4 is 0 Å². The largest absolute Gasteiger partial charge is 0.574 e. The first-order valence-electron chi connectivity index (χ1n) is 2.99. The average molecular weight is 189 g/mol. The predicted octanol–water partition coefficient (Wildman–Crippen LogP) is 1.25. The second kappa shape index (κ2) is 3.26. The van der Waals surface area contributed by atoms with Gasteiger partial charge in [-0.1, -0.05) is 0 Å². The molecule has 1 heterocycles. The number of halogens is 3. The third-order valence-electron chi connectivity index (χ3n) is 0.947. The van der Waals surface area contributed by atoms with E-state index in [9.17, 15) is 13.2 Å². The Bertz CT molecular complexity index is 344. The maximum absolute atomic E-state index is 11.6. The fraction of sp³-hybridized carbons (Fsp3) is 0.167. The van der Waals surface area contributed by atoms with Crippen molar-refractivity contribution in [3.05, 3.63) is 18.1 Å². The van der Waals surface area contributed by atoms with Crippen molar-refractivity contribution in [3.8, 4) is 11.9 Å². The van der Waals surface area contributed by atoms with Crippen LogP contribution in [0.1, 0.15) is 5.69 Å². The number of hydrogen-bond donors (Lipinski definition) is 0. The van der Waals surface area contributed by atoms with Gasteiger partial charge < -0.3 is 4.74 Å². The van der Waals surface area contributed by atoms with Crippen LogP contribution >= 0.6 is 0 Å². The summed E-state index contributed by atoms with van der Waals surface area (Å²) in [6.45, 7) is 0. The Kier molecular flexibility index (Phi) is 2.32. The van der Waals surface area contributed by atoms with Gasteiger partial charge in [-0.15, -0.1) is 13.2 Å². The molecule has 0 saturated heterocycles. The lowest BCUT2D eigenvalue weighted by atomic mass is 10.5. The molecule has 4 nitrogen and oxygen atoms in total. The maximum Gasteiger partial charge on any atom is 0.574 e. The monoisotopic (exact) mass is 189 g/mol. The van der Waals surface area contributed by atoms with Crippen molar-refractivity contribution in [2.45, 2.75) is 6.36 Å². The summed E-state index contributed by atoms with van der Waals surface area (Å²) in [4.78, 5) is 6.54. The van der Waals surface area contributed by atoms with E-state index < -0.39 is 12.2 Å². The van der Waals surface area contributed by atoms with Crippen LogP contribution in [0.15, 0.2) is 12.4 Å². The van der Waals surface area contributed by atoms with Crippen molar-refractivity contribution in [3.63, 3.8) is 0 Å². The number of nitrogens with zero attached hydrogens (tertiary/aromatic N) is 3. The van der Waals surface area contributed by atoms with Crippen LogP contribution in [0.3, 0.4) is 0 Å². The molecule has 0 radical (unpaired) electrons. The smallest absolute Gasteiger partial charge is 0.386 e. The molecule has 0 fully saturated rings. The molecule has 0 aliphatic heterocycles. The SMILES string of the molecule is N#Cc1cncc(OC(F)(F)F)n1. The first kappa shape index (κ1) is 9.25. The van der Waals surface area contributed by atoms with Crippen LogP contribution in [0.2, 0.25) is 0 Å². The Balaban J connectivity index is 2.86. The lowest BCUT2D eigenvalue weighted by molar-refractivity contribution is -0.276. The first-order chi connectivity index (χ1) is 6.01. The molecule has 1 aromatic heterocycles. The van der Waals surface area contributed by atoms with E-state index >= 15 is 0 Å². The standard InChI is InChI=1S/C6H2F3N3O/c7-6(8,9)13-5-3-11-2-4(1-10)12-5/h2-3H. The summed E-state index contributed by atoms with van der Waals surface area (Å²) < 4.78 is 38.2. The van der Waals surface area contributed by atoms with Crippen molar-refractivity contribution in [1.29, 1.82) is 5.26 Å². The van der Waals surface area contributed by atoms with Crippen molar-refractivity contribution in [1.82, 2.24) is 9.97 Å². The molecule has 0 unspecified atom stereocenters. The molecule has 0 saturated carbocycles. The van der Waals surface area contributed by atoms with Crippen LogP contribution in [0.25, 0.3) is 0 Å². The summed E-state index contributed by atoms with van der Waals surface area (Å²) in [5, 5.41) is 8.27. The minimum Gasteiger partial charge on any atom is -0.386 e. The second-order valence-corrected chi connectivity index (χ2v) is 1.90. The van der Waals surface area contributed by atoms with E-state index in [0.29, 0.717) is 0 Å². The van der Waals surface area contributed by atoms with Crippen molar-refractivity contribution < 1.29 is 17.9 Å². The van der Waals surface area contributed by atoms with Gasteiger partial charge in [-0.25, -0.2) is 0 Å². The highest BCUT2D eigenvalue weighted by Crippen LogP contribution is 2.19. The third-order valence-corrected chi connectivity index (χ3v) is 0.947. The lowest BCUT2D eigenvalue weighted by Gasteiger charge is -2.06. The minimum atomic E-state index is -4.82. The van der Waals surface area contributed by atoms with E-state index in [4.69, 9.17) is 5.26 Å². The molecule has 0 aromatic carbocycles. The molecule has 0 N–H and O–H groups in total. The summed E-state index contributed by atoms with van der Waals surface area (Å²) >= 11 is 0. The summed E-state index contributed by atoms with van der Waals surface area (Å²) in [5.41, 5.74) is -0.234. The van der Waals surface area contributed by atoms with Crippen LogP contribution in [-0.4, -0.2) is 16.3 Å². The normalized spacial score (nSPS) is 10.6. The number of nitriles is 1. The topological polar surface area (TPSA) is 58.8 Å². The van der Waals surface area contributed by atoms with E-state index in [1.54, 1.807) is 0 Å².